The molecule has 0 aliphatic heterocycles. The Morgan fingerprint density at radius 1 is 1.26 bits per heavy atom. The van der Waals surface area contributed by atoms with Crippen molar-refractivity contribution in [2.75, 3.05) is 6.61 Å². The summed E-state index contributed by atoms with van der Waals surface area (Å²) in [7, 11) is 0. The van der Waals surface area contributed by atoms with Gasteiger partial charge in [-0.05, 0) is 23.6 Å². The third-order valence-corrected chi connectivity index (χ3v) is 3.66. The van der Waals surface area contributed by atoms with Crippen molar-refractivity contribution in [1.29, 1.82) is 0 Å². The number of hydrogen-bond donors (Lipinski definition) is 1. The van der Waals surface area contributed by atoms with Gasteiger partial charge in [-0.25, -0.2) is 0 Å². The Morgan fingerprint density at radius 3 is 2.84 bits per heavy atom. The highest BCUT2D eigenvalue weighted by Gasteiger charge is 2.03. The molecule has 0 aliphatic rings. The summed E-state index contributed by atoms with van der Waals surface area (Å²) in [5.41, 5.74) is 0. The van der Waals surface area contributed by atoms with Gasteiger partial charge in [0.2, 0.25) is 0 Å². The van der Waals surface area contributed by atoms with Gasteiger partial charge in [-0.2, -0.15) is 0 Å². The molecule has 0 fully saturated rings. The van der Waals surface area contributed by atoms with E-state index < -0.39 is 0 Å². The number of thiophene rings is 1. The second kappa shape index (κ2) is 7.48. The Labute approximate surface area is 118 Å². The van der Waals surface area contributed by atoms with Crippen molar-refractivity contribution in [1.82, 2.24) is 5.32 Å². The molecule has 2 heterocycles. The van der Waals surface area contributed by atoms with E-state index in [9.17, 15) is 0 Å². The zero-order valence-electron chi connectivity index (χ0n) is 11.5. The summed E-state index contributed by atoms with van der Waals surface area (Å²) >= 11 is 1.77. The Balaban J connectivity index is 1.65. The summed E-state index contributed by atoms with van der Waals surface area (Å²) in [6, 6.07) is 8.67. The van der Waals surface area contributed by atoms with Gasteiger partial charge >= 0.3 is 0 Å². The highest BCUT2D eigenvalue weighted by Crippen LogP contribution is 2.11. The third-order valence-electron chi connectivity index (χ3n) is 2.72. The summed E-state index contributed by atoms with van der Waals surface area (Å²) < 4.78 is 11.3. The van der Waals surface area contributed by atoms with Crippen LogP contribution in [0.15, 0.2) is 34.1 Å². The molecule has 19 heavy (non-hydrogen) atoms. The molecule has 0 bridgehead atoms. The summed E-state index contributed by atoms with van der Waals surface area (Å²) in [6.45, 7) is 6.30. The molecule has 0 amide bonds. The lowest BCUT2D eigenvalue weighted by molar-refractivity contribution is 0.108. The monoisotopic (exact) mass is 279 g/mol. The van der Waals surface area contributed by atoms with E-state index in [0.717, 1.165) is 31.1 Å². The van der Waals surface area contributed by atoms with Crippen molar-refractivity contribution in [3.8, 4) is 0 Å². The van der Waals surface area contributed by atoms with E-state index >= 15 is 0 Å². The highest BCUT2D eigenvalue weighted by molar-refractivity contribution is 7.09. The standard InChI is InChI=1S/C15H21NO2S/c1-12(2)16-10-13-5-6-14(18-13)11-17-8-7-15-4-3-9-19-15/h3-6,9,12,16H,7-8,10-11H2,1-2H3. The largest absolute Gasteiger partial charge is 0.462 e. The first-order valence-corrected chi connectivity index (χ1v) is 7.53. The van der Waals surface area contributed by atoms with Crippen molar-refractivity contribution in [2.45, 2.75) is 39.5 Å². The van der Waals surface area contributed by atoms with Crippen LogP contribution in [0.5, 0.6) is 0 Å². The number of furan rings is 1. The zero-order valence-corrected chi connectivity index (χ0v) is 12.3. The molecule has 104 valence electrons. The summed E-state index contributed by atoms with van der Waals surface area (Å²) in [5, 5.41) is 5.42. The van der Waals surface area contributed by atoms with E-state index in [-0.39, 0.29) is 0 Å². The topological polar surface area (TPSA) is 34.4 Å². The van der Waals surface area contributed by atoms with E-state index in [4.69, 9.17) is 9.15 Å². The second-order valence-corrected chi connectivity index (χ2v) is 5.82. The first-order valence-electron chi connectivity index (χ1n) is 6.65. The molecule has 0 saturated carbocycles. The molecule has 1 N–H and O–H groups in total. The van der Waals surface area contributed by atoms with Crippen molar-refractivity contribution in [3.63, 3.8) is 0 Å². The lowest BCUT2D eigenvalue weighted by Crippen LogP contribution is -2.21. The van der Waals surface area contributed by atoms with Crippen LogP contribution in [0.1, 0.15) is 30.2 Å². The van der Waals surface area contributed by atoms with Crippen LogP contribution in [0.4, 0.5) is 0 Å². The number of ether oxygens (including phenoxy) is 1. The SMILES string of the molecule is CC(C)NCc1ccc(COCCc2cccs2)o1. The Bertz CT molecular complexity index is 462. The van der Waals surface area contributed by atoms with E-state index in [1.54, 1.807) is 11.3 Å². The van der Waals surface area contributed by atoms with Gasteiger partial charge in [0.15, 0.2) is 0 Å². The fraction of sp³-hybridized carbons (Fsp3) is 0.467. The first kappa shape index (κ1) is 14.3. The molecule has 0 unspecified atom stereocenters. The van der Waals surface area contributed by atoms with E-state index in [1.165, 1.54) is 4.88 Å². The molecule has 2 rings (SSSR count). The van der Waals surface area contributed by atoms with Gasteiger partial charge in [0.1, 0.15) is 18.1 Å². The molecule has 0 aromatic carbocycles. The molecule has 0 radical (unpaired) electrons. The van der Waals surface area contributed by atoms with Crippen LogP contribution >= 0.6 is 11.3 Å². The van der Waals surface area contributed by atoms with Crippen LogP contribution in [0.2, 0.25) is 0 Å². The van der Waals surface area contributed by atoms with E-state index in [1.807, 2.05) is 12.1 Å². The van der Waals surface area contributed by atoms with Gasteiger partial charge in [-0.3, -0.25) is 0 Å². The van der Waals surface area contributed by atoms with Gasteiger partial charge < -0.3 is 14.5 Å². The van der Waals surface area contributed by atoms with Gasteiger partial charge in [0, 0.05) is 17.3 Å². The average molecular weight is 279 g/mol. The van der Waals surface area contributed by atoms with Gasteiger partial charge in [0.05, 0.1) is 13.2 Å². The van der Waals surface area contributed by atoms with Crippen molar-refractivity contribution in [3.05, 3.63) is 46.0 Å². The van der Waals surface area contributed by atoms with Crippen molar-refractivity contribution in [2.24, 2.45) is 0 Å². The fourth-order valence-corrected chi connectivity index (χ4v) is 2.39. The molecule has 0 atom stereocenters. The lowest BCUT2D eigenvalue weighted by Gasteiger charge is -2.05. The smallest absolute Gasteiger partial charge is 0.129 e. The first-order chi connectivity index (χ1) is 9.24. The van der Waals surface area contributed by atoms with E-state index in [0.29, 0.717) is 12.6 Å². The minimum atomic E-state index is 0.468. The third kappa shape index (κ3) is 5.19. The Morgan fingerprint density at radius 2 is 2.11 bits per heavy atom. The van der Waals surface area contributed by atoms with Crippen LogP contribution in [0, 0.1) is 0 Å². The Hall–Kier alpha value is -1.10. The molecular formula is C15H21NO2S. The summed E-state index contributed by atoms with van der Waals surface area (Å²) in [6.07, 6.45) is 0.972. The van der Waals surface area contributed by atoms with Gasteiger partial charge in [-0.1, -0.05) is 19.9 Å². The molecular weight excluding hydrogens is 258 g/mol. The quantitative estimate of drug-likeness (QED) is 0.750. The maximum Gasteiger partial charge on any atom is 0.129 e. The zero-order chi connectivity index (χ0) is 13.5. The maximum atomic E-state index is 5.69. The normalized spacial score (nSPS) is 11.3. The molecule has 0 saturated heterocycles. The van der Waals surface area contributed by atoms with Gasteiger partial charge in [-0.15, -0.1) is 11.3 Å². The molecule has 2 aromatic heterocycles. The predicted molar refractivity (Wildman–Crippen MR) is 78.4 cm³/mol. The van der Waals surface area contributed by atoms with Crippen LogP contribution in [0.3, 0.4) is 0 Å². The molecule has 0 spiro atoms. The van der Waals surface area contributed by atoms with Crippen LogP contribution < -0.4 is 5.32 Å². The molecule has 3 nitrogen and oxygen atoms in total. The number of rotatable bonds is 8. The minimum absolute atomic E-state index is 0.468. The van der Waals surface area contributed by atoms with Crippen LogP contribution in [-0.4, -0.2) is 12.6 Å². The molecule has 0 aliphatic carbocycles. The lowest BCUT2D eigenvalue weighted by atomic mass is 10.3. The minimum Gasteiger partial charge on any atom is -0.462 e. The Kier molecular flexibility index (Phi) is 5.63. The summed E-state index contributed by atoms with van der Waals surface area (Å²) in [5.74, 6) is 1.86. The molecule has 4 heteroatoms. The van der Waals surface area contributed by atoms with Crippen LogP contribution in [0.25, 0.3) is 0 Å². The summed E-state index contributed by atoms with van der Waals surface area (Å²) in [4.78, 5) is 1.36. The second-order valence-electron chi connectivity index (χ2n) is 4.79. The van der Waals surface area contributed by atoms with E-state index in [2.05, 4.69) is 36.7 Å². The highest BCUT2D eigenvalue weighted by atomic mass is 32.1. The number of hydrogen-bond acceptors (Lipinski definition) is 4. The van der Waals surface area contributed by atoms with Crippen molar-refractivity contribution >= 4 is 11.3 Å². The molecule has 2 aromatic rings. The number of nitrogens with one attached hydrogen (secondary N) is 1. The average Bonchev–Trinajstić information content (AvgIpc) is 3.04. The predicted octanol–water partition coefficient (Wildman–Crippen LogP) is 3.60. The fourth-order valence-electron chi connectivity index (χ4n) is 1.70. The van der Waals surface area contributed by atoms with Crippen molar-refractivity contribution < 1.29 is 9.15 Å². The van der Waals surface area contributed by atoms with Crippen LogP contribution in [-0.2, 0) is 24.3 Å². The maximum absolute atomic E-state index is 5.69. The van der Waals surface area contributed by atoms with Gasteiger partial charge in [0.25, 0.3) is 0 Å².